The van der Waals surface area contributed by atoms with E-state index in [1.54, 1.807) is 0 Å². The molecule has 0 saturated heterocycles. The van der Waals surface area contributed by atoms with Crippen molar-refractivity contribution < 1.29 is 4.74 Å². The van der Waals surface area contributed by atoms with E-state index in [4.69, 9.17) is 10.5 Å². The van der Waals surface area contributed by atoms with Gasteiger partial charge in [-0.05, 0) is 24.3 Å². The lowest BCUT2D eigenvalue weighted by Crippen LogP contribution is -2.04. The summed E-state index contributed by atoms with van der Waals surface area (Å²) in [5.74, 6) is 1.57. The maximum atomic E-state index is 5.85. The van der Waals surface area contributed by atoms with Crippen molar-refractivity contribution in [3.05, 3.63) is 54.4 Å². The van der Waals surface area contributed by atoms with Gasteiger partial charge in [-0.15, -0.1) is 0 Å². The van der Waals surface area contributed by atoms with E-state index in [-0.39, 0.29) is 0 Å². The van der Waals surface area contributed by atoms with Crippen molar-refractivity contribution in [2.24, 2.45) is 7.05 Å². The third kappa shape index (κ3) is 2.12. The number of para-hydroxylation sites is 4. The molecule has 0 fully saturated rings. The summed E-state index contributed by atoms with van der Waals surface area (Å²) in [6, 6.07) is 15.5. The molecule has 3 rings (SSSR count). The third-order valence-electron chi connectivity index (χ3n) is 3.16. The van der Waals surface area contributed by atoms with Crippen LogP contribution in [0.5, 0.6) is 5.75 Å². The van der Waals surface area contributed by atoms with Crippen LogP contribution in [0.4, 0.5) is 5.69 Å². The van der Waals surface area contributed by atoms with E-state index in [9.17, 15) is 0 Å². The molecule has 0 aliphatic rings. The van der Waals surface area contributed by atoms with Crippen LogP contribution in [-0.2, 0) is 13.7 Å². The first-order chi connectivity index (χ1) is 9.25. The molecule has 96 valence electrons. The van der Waals surface area contributed by atoms with Gasteiger partial charge in [0.15, 0.2) is 0 Å². The third-order valence-corrected chi connectivity index (χ3v) is 3.16. The van der Waals surface area contributed by atoms with Gasteiger partial charge < -0.3 is 15.0 Å². The van der Waals surface area contributed by atoms with Crippen molar-refractivity contribution in [3.8, 4) is 5.75 Å². The largest absolute Gasteiger partial charge is 0.484 e. The van der Waals surface area contributed by atoms with E-state index >= 15 is 0 Å². The average Bonchev–Trinajstić information content (AvgIpc) is 2.75. The summed E-state index contributed by atoms with van der Waals surface area (Å²) in [5.41, 5.74) is 8.56. The van der Waals surface area contributed by atoms with E-state index in [0.717, 1.165) is 16.9 Å². The summed E-state index contributed by atoms with van der Waals surface area (Å²) in [4.78, 5) is 4.55. The molecule has 0 radical (unpaired) electrons. The quantitative estimate of drug-likeness (QED) is 0.730. The number of rotatable bonds is 3. The Labute approximate surface area is 111 Å². The number of nitrogens with zero attached hydrogens (tertiary/aromatic N) is 2. The second-order valence-electron chi connectivity index (χ2n) is 4.40. The molecular weight excluding hydrogens is 238 g/mol. The Morgan fingerprint density at radius 2 is 1.84 bits per heavy atom. The molecule has 0 aliphatic carbocycles. The fraction of sp³-hybridized carbons (Fsp3) is 0.133. The van der Waals surface area contributed by atoms with Crippen molar-refractivity contribution in [1.82, 2.24) is 9.55 Å². The summed E-state index contributed by atoms with van der Waals surface area (Å²) in [6.07, 6.45) is 0. The van der Waals surface area contributed by atoms with Crippen LogP contribution in [-0.4, -0.2) is 9.55 Å². The highest BCUT2D eigenvalue weighted by Crippen LogP contribution is 2.22. The molecule has 4 heteroatoms. The van der Waals surface area contributed by atoms with Crippen LogP contribution in [0, 0.1) is 0 Å². The minimum Gasteiger partial charge on any atom is -0.484 e. The zero-order valence-corrected chi connectivity index (χ0v) is 10.7. The van der Waals surface area contributed by atoms with Crippen molar-refractivity contribution in [1.29, 1.82) is 0 Å². The first-order valence-electron chi connectivity index (χ1n) is 6.13. The summed E-state index contributed by atoms with van der Waals surface area (Å²) >= 11 is 0. The van der Waals surface area contributed by atoms with Crippen molar-refractivity contribution in [2.45, 2.75) is 6.61 Å². The normalized spacial score (nSPS) is 10.8. The number of aryl methyl sites for hydroxylation is 1. The zero-order valence-electron chi connectivity index (χ0n) is 10.7. The molecule has 19 heavy (non-hydrogen) atoms. The second-order valence-corrected chi connectivity index (χ2v) is 4.40. The van der Waals surface area contributed by atoms with E-state index < -0.39 is 0 Å². The Hall–Kier alpha value is -2.49. The lowest BCUT2D eigenvalue weighted by Gasteiger charge is -2.08. The topological polar surface area (TPSA) is 53.1 Å². The Morgan fingerprint density at radius 1 is 1.11 bits per heavy atom. The molecule has 0 amide bonds. The summed E-state index contributed by atoms with van der Waals surface area (Å²) < 4.78 is 7.76. The highest BCUT2D eigenvalue weighted by atomic mass is 16.5. The van der Waals surface area contributed by atoms with Gasteiger partial charge in [0.2, 0.25) is 0 Å². The van der Waals surface area contributed by atoms with Crippen molar-refractivity contribution >= 4 is 16.7 Å². The minimum atomic E-state index is 0.402. The Kier molecular flexibility index (Phi) is 2.83. The molecule has 0 aliphatic heterocycles. The number of nitrogens with two attached hydrogens (primary N) is 1. The van der Waals surface area contributed by atoms with E-state index in [1.165, 1.54) is 0 Å². The van der Waals surface area contributed by atoms with Gasteiger partial charge in [-0.2, -0.15) is 0 Å². The SMILES string of the molecule is Cn1c(COc2ccccc2N)nc2ccccc21. The van der Waals surface area contributed by atoms with Gasteiger partial charge in [-0.3, -0.25) is 0 Å². The monoisotopic (exact) mass is 253 g/mol. The minimum absolute atomic E-state index is 0.402. The van der Waals surface area contributed by atoms with Crippen LogP contribution in [0.3, 0.4) is 0 Å². The van der Waals surface area contributed by atoms with Gasteiger partial charge in [-0.25, -0.2) is 4.98 Å². The highest BCUT2D eigenvalue weighted by molar-refractivity contribution is 5.75. The molecule has 2 aromatic carbocycles. The molecule has 4 nitrogen and oxygen atoms in total. The predicted molar refractivity (Wildman–Crippen MR) is 75.9 cm³/mol. The molecule has 0 atom stereocenters. The number of anilines is 1. The first kappa shape index (κ1) is 11.6. The van der Waals surface area contributed by atoms with Gasteiger partial charge in [0.1, 0.15) is 18.2 Å². The van der Waals surface area contributed by atoms with Crippen LogP contribution in [0.25, 0.3) is 11.0 Å². The molecule has 3 aromatic rings. The fourth-order valence-electron chi connectivity index (χ4n) is 2.08. The number of fused-ring (bicyclic) bond motifs is 1. The number of hydrogen-bond donors (Lipinski definition) is 1. The number of nitrogen functional groups attached to an aromatic ring is 1. The number of imidazole rings is 1. The zero-order chi connectivity index (χ0) is 13.2. The van der Waals surface area contributed by atoms with Crippen LogP contribution in [0.2, 0.25) is 0 Å². The lowest BCUT2D eigenvalue weighted by atomic mass is 10.3. The molecule has 0 bridgehead atoms. The summed E-state index contributed by atoms with van der Waals surface area (Å²) in [7, 11) is 1.99. The Bertz CT molecular complexity index is 718. The Morgan fingerprint density at radius 3 is 2.63 bits per heavy atom. The standard InChI is InChI=1S/C15H15N3O/c1-18-13-8-4-3-7-12(13)17-15(18)10-19-14-9-5-2-6-11(14)16/h2-9H,10,16H2,1H3. The van der Waals surface area contributed by atoms with E-state index in [2.05, 4.69) is 4.98 Å². The Balaban J connectivity index is 1.86. The molecular formula is C15H15N3O. The van der Waals surface area contributed by atoms with E-state index in [0.29, 0.717) is 18.0 Å². The van der Waals surface area contributed by atoms with Crippen LogP contribution in [0.15, 0.2) is 48.5 Å². The summed E-state index contributed by atoms with van der Waals surface area (Å²) in [5, 5.41) is 0. The van der Waals surface area contributed by atoms with Crippen molar-refractivity contribution in [2.75, 3.05) is 5.73 Å². The first-order valence-corrected chi connectivity index (χ1v) is 6.13. The number of benzene rings is 2. The smallest absolute Gasteiger partial charge is 0.147 e. The molecule has 1 heterocycles. The molecule has 1 aromatic heterocycles. The number of hydrogen-bond acceptors (Lipinski definition) is 3. The van der Waals surface area contributed by atoms with Crippen LogP contribution in [0.1, 0.15) is 5.82 Å². The maximum absolute atomic E-state index is 5.85. The lowest BCUT2D eigenvalue weighted by molar-refractivity contribution is 0.294. The van der Waals surface area contributed by atoms with Gasteiger partial charge in [0.25, 0.3) is 0 Å². The molecule has 2 N–H and O–H groups in total. The molecule has 0 spiro atoms. The number of aromatic nitrogens is 2. The summed E-state index contributed by atoms with van der Waals surface area (Å²) in [6.45, 7) is 0.402. The fourth-order valence-corrected chi connectivity index (χ4v) is 2.08. The van der Waals surface area contributed by atoms with Crippen molar-refractivity contribution in [3.63, 3.8) is 0 Å². The van der Waals surface area contributed by atoms with Gasteiger partial charge in [-0.1, -0.05) is 24.3 Å². The van der Waals surface area contributed by atoms with Gasteiger partial charge >= 0.3 is 0 Å². The van der Waals surface area contributed by atoms with E-state index in [1.807, 2.05) is 60.1 Å². The molecule has 0 saturated carbocycles. The number of ether oxygens (including phenoxy) is 1. The van der Waals surface area contributed by atoms with Crippen LogP contribution >= 0.6 is 0 Å². The predicted octanol–water partition coefficient (Wildman–Crippen LogP) is 2.73. The second kappa shape index (κ2) is 4.65. The highest BCUT2D eigenvalue weighted by Gasteiger charge is 2.08. The van der Waals surface area contributed by atoms with Gasteiger partial charge in [0.05, 0.1) is 16.7 Å². The molecule has 0 unspecified atom stereocenters. The van der Waals surface area contributed by atoms with Gasteiger partial charge in [0, 0.05) is 7.05 Å². The maximum Gasteiger partial charge on any atom is 0.147 e. The van der Waals surface area contributed by atoms with Crippen LogP contribution < -0.4 is 10.5 Å². The average molecular weight is 253 g/mol.